The van der Waals surface area contributed by atoms with Crippen molar-refractivity contribution in [1.82, 2.24) is 30.2 Å². The Hall–Kier alpha value is -1.68. The molecule has 2 unspecified atom stereocenters. The Kier molecular flexibility index (Phi) is 6.83. The topological polar surface area (TPSA) is 184 Å². The standard InChI is InChI=1S/C14H21N7O5S3/c1-2-4-16-29(25,26)5-3-8(28-14-17-19-20-18-14)7-6-27-12-9(15)11(22)21(12)10(7)13(23)24/h8-9,12,16H,2-6,15H2,1H3,(H,23,24)(H,17,18,19,20)/t8?,9?,12-/m0/s1. The summed E-state index contributed by atoms with van der Waals surface area (Å²) in [7, 11) is -3.53. The van der Waals surface area contributed by atoms with Crippen molar-refractivity contribution in [3.8, 4) is 0 Å². The van der Waals surface area contributed by atoms with E-state index in [1.54, 1.807) is 0 Å². The fourth-order valence-corrected chi connectivity index (χ4v) is 6.85. The molecule has 0 radical (unpaired) electrons. The average molecular weight is 464 g/mol. The molecule has 1 saturated heterocycles. The molecule has 15 heteroatoms. The first-order valence-corrected chi connectivity index (χ1v) is 12.4. The third-order valence-electron chi connectivity index (χ3n) is 4.42. The van der Waals surface area contributed by atoms with Crippen LogP contribution in [-0.2, 0) is 19.6 Å². The number of hydrogen-bond donors (Lipinski definition) is 4. The van der Waals surface area contributed by atoms with Crippen LogP contribution in [0.4, 0.5) is 0 Å². The summed E-state index contributed by atoms with van der Waals surface area (Å²) in [6.45, 7) is 2.18. The van der Waals surface area contributed by atoms with Crippen molar-refractivity contribution in [1.29, 1.82) is 0 Å². The largest absolute Gasteiger partial charge is 0.477 e. The molecule has 0 saturated carbocycles. The zero-order valence-corrected chi connectivity index (χ0v) is 17.9. The van der Waals surface area contributed by atoms with E-state index in [0.29, 0.717) is 24.3 Å². The molecule has 29 heavy (non-hydrogen) atoms. The summed E-state index contributed by atoms with van der Waals surface area (Å²) in [6, 6.07) is -0.738. The number of sulfonamides is 1. The number of thioether (sulfide) groups is 2. The zero-order valence-electron chi connectivity index (χ0n) is 15.4. The van der Waals surface area contributed by atoms with Crippen LogP contribution in [0.5, 0.6) is 0 Å². The molecule has 0 bridgehead atoms. The van der Waals surface area contributed by atoms with E-state index < -0.39 is 38.6 Å². The van der Waals surface area contributed by atoms with Gasteiger partial charge in [0.15, 0.2) is 0 Å². The number of rotatable bonds is 10. The number of aliphatic carboxylic acids is 1. The number of tetrazole rings is 1. The Morgan fingerprint density at radius 1 is 1.55 bits per heavy atom. The molecule has 1 aromatic heterocycles. The molecule has 3 heterocycles. The van der Waals surface area contributed by atoms with Gasteiger partial charge in [0.05, 0.1) is 5.75 Å². The maximum absolute atomic E-state index is 12.2. The van der Waals surface area contributed by atoms with Crippen molar-refractivity contribution in [3.05, 3.63) is 11.3 Å². The summed E-state index contributed by atoms with van der Waals surface area (Å²) in [4.78, 5) is 25.3. The van der Waals surface area contributed by atoms with Gasteiger partial charge in [-0.1, -0.05) is 18.7 Å². The zero-order chi connectivity index (χ0) is 21.2. The van der Waals surface area contributed by atoms with Crippen molar-refractivity contribution in [3.63, 3.8) is 0 Å². The van der Waals surface area contributed by atoms with E-state index >= 15 is 0 Å². The summed E-state index contributed by atoms with van der Waals surface area (Å²) >= 11 is 2.46. The molecular weight excluding hydrogens is 442 g/mol. The average Bonchev–Trinajstić information content (AvgIpc) is 3.21. The van der Waals surface area contributed by atoms with E-state index in [0.717, 1.165) is 11.8 Å². The van der Waals surface area contributed by atoms with Crippen LogP contribution in [0.25, 0.3) is 0 Å². The lowest BCUT2D eigenvalue weighted by molar-refractivity contribution is -0.148. The van der Waals surface area contributed by atoms with Gasteiger partial charge in [0.25, 0.3) is 0 Å². The molecule has 160 valence electrons. The molecule has 5 N–H and O–H groups in total. The van der Waals surface area contributed by atoms with Crippen LogP contribution in [0, 0.1) is 0 Å². The number of aromatic nitrogens is 4. The van der Waals surface area contributed by atoms with E-state index in [2.05, 4.69) is 25.3 Å². The van der Waals surface area contributed by atoms with Crippen LogP contribution < -0.4 is 10.5 Å². The van der Waals surface area contributed by atoms with E-state index in [9.17, 15) is 23.1 Å². The number of H-pyrrole nitrogens is 1. The maximum Gasteiger partial charge on any atom is 0.352 e. The monoisotopic (exact) mass is 463 g/mol. The van der Waals surface area contributed by atoms with Gasteiger partial charge in [0, 0.05) is 17.5 Å². The van der Waals surface area contributed by atoms with Crippen molar-refractivity contribution in [2.45, 2.75) is 41.6 Å². The molecule has 12 nitrogen and oxygen atoms in total. The first-order chi connectivity index (χ1) is 13.7. The Morgan fingerprint density at radius 3 is 2.93 bits per heavy atom. The van der Waals surface area contributed by atoms with Gasteiger partial charge in [-0.2, -0.15) is 5.21 Å². The van der Waals surface area contributed by atoms with Crippen LogP contribution in [0.15, 0.2) is 16.4 Å². The normalized spacial score (nSPS) is 23.0. The molecule has 1 fully saturated rings. The number of carboxylic acid groups (broad SMARTS) is 1. The van der Waals surface area contributed by atoms with Crippen LogP contribution >= 0.6 is 23.5 Å². The Morgan fingerprint density at radius 2 is 2.31 bits per heavy atom. The van der Waals surface area contributed by atoms with Crippen LogP contribution in [0.2, 0.25) is 0 Å². The SMILES string of the molecule is CCCNS(=O)(=O)CCC(Sc1nn[nH]n1)C1=C(C(=O)O)N2C(=O)C(N)[C@@H]2SC1. The first-order valence-electron chi connectivity index (χ1n) is 8.79. The van der Waals surface area contributed by atoms with Gasteiger partial charge >= 0.3 is 5.97 Å². The van der Waals surface area contributed by atoms with Gasteiger partial charge in [0.2, 0.25) is 21.1 Å². The first kappa shape index (κ1) is 22.0. The molecule has 3 atom stereocenters. The summed E-state index contributed by atoms with van der Waals surface area (Å²) in [6.07, 6.45) is 0.771. The van der Waals surface area contributed by atoms with Crippen LogP contribution in [-0.4, -0.2) is 85.6 Å². The predicted molar refractivity (Wildman–Crippen MR) is 106 cm³/mol. The second-order valence-electron chi connectivity index (χ2n) is 6.42. The highest BCUT2D eigenvalue weighted by Gasteiger charge is 2.52. The number of nitrogens with zero attached hydrogens (tertiary/aromatic N) is 4. The maximum atomic E-state index is 12.2. The fraction of sp³-hybridized carbons (Fsp3) is 0.643. The fourth-order valence-electron chi connectivity index (χ4n) is 3.01. The molecule has 3 rings (SSSR count). The minimum Gasteiger partial charge on any atom is -0.477 e. The van der Waals surface area contributed by atoms with E-state index in [-0.39, 0.29) is 23.0 Å². The van der Waals surface area contributed by atoms with E-state index in [4.69, 9.17) is 5.73 Å². The lowest BCUT2D eigenvalue weighted by Gasteiger charge is -2.48. The lowest BCUT2D eigenvalue weighted by Crippen LogP contribution is -2.68. The number of fused-ring (bicyclic) bond motifs is 1. The lowest BCUT2D eigenvalue weighted by atomic mass is 10.0. The third-order valence-corrected chi connectivity index (χ3v) is 8.35. The van der Waals surface area contributed by atoms with Crippen molar-refractivity contribution >= 4 is 45.4 Å². The number of carbonyl (C=O) groups excluding carboxylic acids is 1. The Labute approximate surface area is 175 Å². The summed E-state index contributed by atoms with van der Waals surface area (Å²) in [5.74, 6) is -1.61. The number of β-lactam (4-membered cyclic amide) rings is 1. The minimum absolute atomic E-state index is 0.115. The molecule has 2 aliphatic rings. The second kappa shape index (κ2) is 8.99. The number of nitrogens with two attached hydrogens (primary N) is 1. The third kappa shape index (κ3) is 4.74. The molecule has 0 aliphatic carbocycles. The Bertz CT molecular complexity index is 905. The number of carboxylic acids is 1. The van der Waals surface area contributed by atoms with Gasteiger partial charge in [-0.05, 0) is 23.6 Å². The molecular formula is C14H21N7O5S3. The van der Waals surface area contributed by atoms with Gasteiger partial charge in [-0.25, -0.2) is 17.9 Å². The van der Waals surface area contributed by atoms with E-state index in [1.165, 1.54) is 16.7 Å². The highest BCUT2D eigenvalue weighted by Crippen LogP contribution is 2.43. The Balaban J connectivity index is 1.89. The molecule has 2 aliphatic heterocycles. The highest BCUT2D eigenvalue weighted by molar-refractivity contribution is 8.01. The van der Waals surface area contributed by atoms with Gasteiger partial charge in [0.1, 0.15) is 17.1 Å². The molecule has 1 aromatic rings. The molecule has 0 aromatic carbocycles. The van der Waals surface area contributed by atoms with Gasteiger partial charge in [-0.15, -0.1) is 22.0 Å². The summed E-state index contributed by atoms with van der Waals surface area (Å²) in [5.41, 5.74) is 6.09. The summed E-state index contributed by atoms with van der Waals surface area (Å²) < 4.78 is 27.0. The quantitative estimate of drug-likeness (QED) is 0.245. The second-order valence-corrected chi connectivity index (χ2v) is 10.6. The van der Waals surface area contributed by atoms with Crippen LogP contribution in [0.1, 0.15) is 19.8 Å². The number of amides is 1. The van der Waals surface area contributed by atoms with Crippen molar-refractivity contribution < 1.29 is 23.1 Å². The highest BCUT2D eigenvalue weighted by atomic mass is 32.2. The van der Waals surface area contributed by atoms with Gasteiger partial charge in [-0.3, -0.25) is 9.69 Å². The predicted octanol–water partition coefficient (Wildman–Crippen LogP) is -1.04. The van der Waals surface area contributed by atoms with Crippen molar-refractivity contribution in [2.24, 2.45) is 5.73 Å². The number of aromatic amines is 1. The van der Waals surface area contributed by atoms with Gasteiger partial charge < -0.3 is 10.8 Å². The van der Waals surface area contributed by atoms with E-state index in [1.807, 2.05) is 6.92 Å². The summed E-state index contributed by atoms with van der Waals surface area (Å²) in [5, 5.41) is 22.5. The minimum atomic E-state index is -3.53. The number of nitrogens with one attached hydrogen (secondary N) is 2. The van der Waals surface area contributed by atoms with Crippen LogP contribution in [0.3, 0.4) is 0 Å². The molecule has 1 amide bonds. The smallest absolute Gasteiger partial charge is 0.352 e. The molecule has 0 spiro atoms. The number of hydrogen-bond acceptors (Lipinski definition) is 10. The number of carbonyl (C=O) groups is 2. The van der Waals surface area contributed by atoms with Crippen molar-refractivity contribution in [2.75, 3.05) is 18.1 Å².